The van der Waals surface area contributed by atoms with Gasteiger partial charge in [-0.1, -0.05) is 6.92 Å². The van der Waals surface area contributed by atoms with Gasteiger partial charge in [0, 0.05) is 12.2 Å². The molecule has 0 unspecified atom stereocenters. The maximum absolute atomic E-state index is 11.6. The number of carbonyl (C=O) groups excluding carboxylic acids is 1. The number of hydrogen-bond donors (Lipinski definition) is 0. The van der Waals surface area contributed by atoms with Crippen LogP contribution in [0.5, 0.6) is 0 Å². The predicted octanol–water partition coefficient (Wildman–Crippen LogP) is 1.04. The van der Waals surface area contributed by atoms with E-state index in [1.54, 1.807) is 0 Å². The first kappa shape index (κ1) is 12.5. The molecule has 0 aromatic carbocycles. The molecule has 0 saturated heterocycles. The minimum atomic E-state index is -3.14. The first-order valence-corrected chi connectivity index (χ1v) is 5.72. The van der Waals surface area contributed by atoms with Gasteiger partial charge < -0.3 is 0 Å². The molecule has 0 aliphatic rings. The Bertz CT molecular complexity index is 259. The van der Waals surface area contributed by atoms with Crippen LogP contribution < -0.4 is 0 Å². The van der Waals surface area contributed by atoms with Crippen molar-refractivity contribution in [2.75, 3.05) is 11.5 Å². The van der Waals surface area contributed by atoms with Crippen LogP contribution in [-0.4, -0.2) is 32.1 Å². The van der Waals surface area contributed by atoms with Gasteiger partial charge >= 0.3 is 0 Å². The minimum Gasteiger partial charge on any atom is -0.293 e. The number of sulfone groups is 1. The molecule has 0 saturated carbocycles. The summed E-state index contributed by atoms with van der Waals surface area (Å²) in [6.07, 6.45) is -3.36. The highest BCUT2D eigenvalue weighted by atomic mass is 32.2. The average molecular weight is 214 g/mol. The third kappa shape index (κ3) is 5.68. The zero-order chi connectivity index (χ0) is 10.5. The lowest BCUT2D eigenvalue weighted by Crippen LogP contribution is -2.14. The molecule has 78 valence electrons. The van der Waals surface area contributed by atoms with E-state index in [1.165, 1.54) is 6.92 Å². The Balaban J connectivity index is 3.76. The van der Waals surface area contributed by atoms with Gasteiger partial charge in [-0.3, -0.25) is 4.79 Å². The fourth-order valence-corrected chi connectivity index (χ4v) is 1.59. The van der Waals surface area contributed by atoms with Gasteiger partial charge in [-0.05, 0) is 6.42 Å². The van der Waals surface area contributed by atoms with Gasteiger partial charge in [-0.25, -0.2) is 17.2 Å². The number of halogens is 2. The molecule has 0 radical (unpaired) electrons. The summed E-state index contributed by atoms with van der Waals surface area (Å²) in [5, 5.41) is 0. The van der Waals surface area contributed by atoms with Gasteiger partial charge in [0.15, 0.2) is 5.78 Å². The van der Waals surface area contributed by atoms with Crippen molar-refractivity contribution in [3.63, 3.8) is 0 Å². The van der Waals surface area contributed by atoms with E-state index in [4.69, 9.17) is 0 Å². The third-order valence-electron chi connectivity index (χ3n) is 1.56. The van der Waals surface area contributed by atoms with Crippen LogP contribution in [0, 0.1) is 0 Å². The Morgan fingerprint density at radius 1 is 1.38 bits per heavy atom. The molecule has 0 rings (SSSR count). The van der Waals surface area contributed by atoms with Gasteiger partial charge in [-0.2, -0.15) is 0 Å². The predicted molar refractivity (Wildman–Crippen MR) is 44.6 cm³/mol. The Kier molecular flexibility index (Phi) is 5.05. The standard InChI is InChI=1S/C7H12F2O3S/c1-2-13(11,12)5-3-4-6(10)7(8)9/h7H,2-5H2,1H3. The molecule has 0 amide bonds. The molecule has 0 fully saturated rings. The van der Waals surface area contributed by atoms with E-state index >= 15 is 0 Å². The van der Waals surface area contributed by atoms with Crippen LogP contribution in [0.1, 0.15) is 19.8 Å². The Labute approximate surface area is 76.0 Å². The zero-order valence-corrected chi connectivity index (χ0v) is 8.11. The highest BCUT2D eigenvalue weighted by molar-refractivity contribution is 7.91. The number of carbonyl (C=O) groups is 1. The number of alkyl halides is 2. The van der Waals surface area contributed by atoms with Gasteiger partial charge in [0.2, 0.25) is 0 Å². The molecule has 0 aliphatic heterocycles. The van der Waals surface area contributed by atoms with Crippen molar-refractivity contribution in [3.8, 4) is 0 Å². The topological polar surface area (TPSA) is 51.2 Å². The normalized spacial score (nSPS) is 12.0. The van der Waals surface area contributed by atoms with E-state index in [1.807, 2.05) is 0 Å². The lowest BCUT2D eigenvalue weighted by Gasteiger charge is -2.00. The quantitative estimate of drug-likeness (QED) is 0.663. The Morgan fingerprint density at radius 3 is 2.31 bits per heavy atom. The molecule has 0 aliphatic carbocycles. The molecule has 6 heteroatoms. The lowest BCUT2D eigenvalue weighted by atomic mass is 10.2. The molecular weight excluding hydrogens is 202 g/mol. The van der Waals surface area contributed by atoms with Crippen molar-refractivity contribution in [3.05, 3.63) is 0 Å². The SMILES string of the molecule is CCS(=O)(=O)CCCC(=O)C(F)F. The molecular formula is C7H12F2O3S. The third-order valence-corrected chi connectivity index (χ3v) is 3.35. The van der Waals surface area contributed by atoms with Gasteiger partial charge in [0.05, 0.1) is 5.75 Å². The van der Waals surface area contributed by atoms with Gasteiger partial charge in [0.25, 0.3) is 6.43 Å². The van der Waals surface area contributed by atoms with Crippen molar-refractivity contribution < 1.29 is 22.0 Å². The monoisotopic (exact) mass is 214 g/mol. The first-order chi connectivity index (χ1) is 5.89. The first-order valence-electron chi connectivity index (χ1n) is 3.90. The maximum Gasteiger partial charge on any atom is 0.295 e. The molecule has 3 nitrogen and oxygen atoms in total. The molecule has 0 spiro atoms. The molecule has 0 N–H and O–H groups in total. The molecule has 0 bridgehead atoms. The number of ketones is 1. The van der Waals surface area contributed by atoms with E-state index in [9.17, 15) is 22.0 Å². The van der Waals surface area contributed by atoms with E-state index in [0.717, 1.165) is 0 Å². The van der Waals surface area contributed by atoms with Crippen LogP contribution in [0.15, 0.2) is 0 Å². The lowest BCUT2D eigenvalue weighted by molar-refractivity contribution is -0.129. The summed E-state index contributed by atoms with van der Waals surface area (Å²) in [6.45, 7) is 1.48. The second-order valence-electron chi connectivity index (χ2n) is 2.61. The molecule has 0 aromatic heterocycles. The highest BCUT2D eigenvalue weighted by Gasteiger charge is 2.16. The van der Waals surface area contributed by atoms with Crippen LogP contribution in [0.25, 0.3) is 0 Å². The van der Waals surface area contributed by atoms with E-state index in [-0.39, 0.29) is 24.3 Å². The van der Waals surface area contributed by atoms with Crippen molar-refractivity contribution in [1.82, 2.24) is 0 Å². The highest BCUT2D eigenvalue weighted by Crippen LogP contribution is 2.03. The van der Waals surface area contributed by atoms with Crippen molar-refractivity contribution in [1.29, 1.82) is 0 Å². The average Bonchev–Trinajstić information content (AvgIpc) is 2.04. The fourth-order valence-electron chi connectivity index (χ4n) is 0.720. The second kappa shape index (κ2) is 5.26. The summed E-state index contributed by atoms with van der Waals surface area (Å²) in [7, 11) is -3.14. The van der Waals surface area contributed by atoms with Crippen LogP contribution in [0.3, 0.4) is 0 Å². The Hall–Kier alpha value is -0.520. The van der Waals surface area contributed by atoms with Crippen molar-refractivity contribution in [2.24, 2.45) is 0 Å². The van der Waals surface area contributed by atoms with Gasteiger partial charge in [0.1, 0.15) is 9.84 Å². The van der Waals surface area contributed by atoms with Crippen LogP contribution in [0.2, 0.25) is 0 Å². The Morgan fingerprint density at radius 2 is 1.92 bits per heavy atom. The van der Waals surface area contributed by atoms with Crippen molar-refractivity contribution >= 4 is 15.6 Å². The second-order valence-corrected chi connectivity index (χ2v) is 5.08. The number of rotatable bonds is 6. The number of Topliss-reactive ketones (excluding diaryl/α,β-unsaturated/α-hetero) is 1. The molecule has 0 aromatic rings. The summed E-state index contributed by atoms with van der Waals surface area (Å²) >= 11 is 0. The molecule has 13 heavy (non-hydrogen) atoms. The zero-order valence-electron chi connectivity index (χ0n) is 7.29. The van der Waals surface area contributed by atoms with Crippen LogP contribution in [-0.2, 0) is 14.6 Å². The maximum atomic E-state index is 11.6. The summed E-state index contributed by atoms with van der Waals surface area (Å²) in [5.41, 5.74) is 0. The minimum absolute atomic E-state index is 0.0145. The summed E-state index contributed by atoms with van der Waals surface area (Å²) < 4.78 is 45.0. The largest absolute Gasteiger partial charge is 0.295 e. The summed E-state index contributed by atoms with van der Waals surface area (Å²) in [6, 6.07) is 0. The fraction of sp³-hybridized carbons (Fsp3) is 0.857. The number of hydrogen-bond acceptors (Lipinski definition) is 3. The van der Waals surface area contributed by atoms with E-state index in [2.05, 4.69) is 0 Å². The van der Waals surface area contributed by atoms with Crippen LogP contribution in [0.4, 0.5) is 8.78 Å². The summed E-state index contributed by atoms with van der Waals surface area (Å²) in [4.78, 5) is 10.4. The molecule has 0 atom stereocenters. The van der Waals surface area contributed by atoms with Gasteiger partial charge in [-0.15, -0.1) is 0 Å². The van der Waals surface area contributed by atoms with Crippen molar-refractivity contribution in [2.45, 2.75) is 26.2 Å². The summed E-state index contributed by atoms with van der Waals surface area (Å²) in [5.74, 6) is -1.40. The van der Waals surface area contributed by atoms with E-state index in [0.29, 0.717) is 0 Å². The van der Waals surface area contributed by atoms with E-state index < -0.39 is 22.0 Å². The smallest absolute Gasteiger partial charge is 0.293 e. The van der Waals surface area contributed by atoms with Crippen LogP contribution >= 0.6 is 0 Å². The molecule has 0 heterocycles.